The van der Waals surface area contributed by atoms with Crippen LogP contribution in [0.2, 0.25) is 0 Å². The van der Waals surface area contributed by atoms with Crippen LogP contribution >= 0.6 is 11.6 Å². The quantitative estimate of drug-likeness (QED) is 0.786. The van der Waals surface area contributed by atoms with Crippen molar-refractivity contribution in [2.24, 2.45) is 11.3 Å². The third-order valence-corrected chi connectivity index (χ3v) is 4.12. The molecule has 0 saturated heterocycles. The van der Waals surface area contributed by atoms with Crippen molar-refractivity contribution >= 4 is 22.6 Å². The molecule has 0 atom stereocenters. The van der Waals surface area contributed by atoms with Crippen LogP contribution in [-0.4, -0.2) is 14.5 Å². The molecule has 0 amide bonds. The van der Waals surface area contributed by atoms with Gasteiger partial charge < -0.3 is 4.57 Å². The minimum Gasteiger partial charge on any atom is -0.326 e. The second-order valence-electron chi connectivity index (χ2n) is 5.76. The van der Waals surface area contributed by atoms with Crippen LogP contribution in [0.25, 0.3) is 11.0 Å². The molecule has 0 aliphatic heterocycles. The molecular formula is C14H20ClN3. The summed E-state index contributed by atoms with van der Waals surface area (Å²) in [5.41, 5.74) is 2.25. The van der Waals surface area contributed by atoms with Gasteiger partial charge in [0.15, 0.2) is 0 Å². The summed E-state index contributed by atoms with van der Waals surface area (Å²) in [5.74, 6) is 1.96. The van der Waals surface area contributed by atoms with Gasteiger partial charge in [-0.2, -0.15) is 0 Å². The third kappa shape index (κ3) is 2.37. The van der Waals surface area contributed by atoms with Gasteiger partial charge in [-0.05, 0) is 17.4 Å². The van der Waals surface area contributed by atoms with Crippen molar-refractivity contribution in [2.45, 2.75) is 40.1 Å². The molecule has 0 spiro atoms. The van der Waals surface area contributed by atoms with Crippen LogP contribution in [0.3, 0.4) is 0 Å². The summed E-state index contributed by atoms with van der Waals surface area (Å²) in [6, 6.07) is 2.01. The number of hydrogen-bond donors (Lipinski definition) is 0. The standard InChI is InChI=1S/C14H20ClN3/c1-10(2)14(3,4)9-18-12-5-6-16-8-11(12)17-13(18)7-15/h5-6,8,10H,7,9H2,1-4H3. The van der Waals surface area contributed by atoms with Crippen molar-refractivity contribution in [1.29, 1.82) is 0 Å². The number of rotatable bonds is 4. The molecule has 0 aliphatic carbocycles. The molecule has 3 nitrogen and oxygen atoms in total. The molecule has 2 heterocycles. The number of fused-ring (bicyclic) bond motifs is 1. The van der Waals surface area contributed by atoms with Gasteiger partial charge in [0.1, 0.15) is 11.3 Å². The lowest BCUT2D eigenvalue weighted by molar-refractivity contribution is 0.211. The monoisotopic (exact) mass is 265 g/mol. The number of imidazole rings is 1. The van der Waals surface area contributed by atoms with E-state index >= 15 is 0 Å². The maximum Gasteiger partial charge on any atom is 0.124 e. The predicted molar refractivity (Wildman–Crippen MR) is 75.7 cm³/mol. The number of halogens is 1. The molecule has 0 aliphatic rings. The molecule has 2 rings (SSSR count). The van der Waals surface area contributed by atoms with Gasteiger partial charge in [-0.25, -0.2) is 4.98 Å². The summed E-state index contributed by atoms with van der Waals surface area (Å²) >= 11 is 6.01. The number of pyridine rings is 1. The first-order valence-electron chi connectivity index (χ1n) is 6.31. The summed E-state index contributed by atoms with van der Waals surface area (Å²) in [7, 11) is 0. The first-order chi connectivity index (χ1) is 8.45. The Morgan fingerprint density at radius 3 is 2.72 bits per heavy atom. The van der Waals surface area contributed by atoms with Crippen molar-refractivity contribution < 1.29 is 0 Å². The molecule has 0 fully saturated rings. The molecule has 18 heavy (non-hydrogen) atoms. The van der Waals surface area contributed by atoms with E-state index in [-0.39, 0.29) is 5.41 Å². The molecule has 0 saturated carbocycles. The summed E-state index contributed by atoms with van der Waals surface area (Å²) < 4.78 is 2.23. The Morgan fingerprint density at radius 1 is 1.39 bits per heavy atom. The zero-order valence-electron chi connectivity index (χ0n) is 11.4. The minimum absolute atomic E-state index is 0.206. The van der Waals surface area contributed by atoms with E-state index < -0.39 is 0 Å². The van der Waals surface area contributed by atoms with E-state index in [1.165, 1.54) is 0 Å². The average Bonchev–Trinajstić information content (AvgIpc) is 2.67. The Morgan fingerprint density at radius 2 is 2.11 bits per heavy atom. The maximum atomic E-state index is 6.01. The van der Waals surface area contributed by atoms with Crippen LogP contribution in [0.1, 0.15) is 33.5 Å². The van der Waals surface area contributed by atoms with Gasteiger partial charge in [0, 0.05) is 12.7 Å². The number of aromatic nitrogens is 3. The zero-order chi connectivity index (χ0) is 13.3. The first kappa shape index (κ1) is 13.3. The lowest BCUT2D eigenvalue weighted by Crippen LogP contribution is -2.26. The molecule has 0 bridgehead atoms. The number of nitrogens with zero attached hydrogens (tertiary/aromatic N) is 3. The van der Waals surface area contributed by atoms with Gasteiger partial charge in [0.05, 0.1) is 17.6 Å². The van der Waals surface area contributed by atoms with Crippen molar-refractivity contribution in [3.8, 4) is 0 Å². The third-order valence-electron chi connectivity index (χ3n) is 3.88. The lowest BCUT2D eigenvalue weighted by atomic mass is 9.81. The van der Waals surface area contributed by atoms with Crippen LogP contribution < -0.4 is 0 Å². The largest absolute Gasteiger partial charge is 0.326 e. The highest BCUT2D eigenvalue weighted by molar-refractivity contribution is 6.16. The number of alkyl halides is 1. The molecule has 0 N–H and O–H groups in total. The molecule has 2 aromatic rings. The van der Waals surface area contributed by atoms with E-state index in [1.807, 2.05) is 6.07 Å². The molecule has 0 radical (unpaired) electrons. The summed E-state index contributed by atoms with van der Waals surface area (Å²) in [5, 5.41) is 0. The molecule has 4 heteroatoms. The normalized spacial score (nSPS) is 12.6. The molecular weight excluding hydrogens is 246 g/mol. The summed E-state index contributed by atoms with van der Waals surface area (Å²) in [6.45, 7) is 9.99. The van der Waals surface area contributed by atoms with Crippen molar-refractivity contribution in [3.05, 3.63) is 24.3 Å². The highest BCUT2D eigenvalue weighted by Crippen LogP contribution is 2.30. The van der Waals surface area contributed by atoms with Gasteiger partial charge in [0.25, 0.3) is 0 Å². The first-order valence-corrected chi connectivity index (χ1v) is 6.84. The average molecular weight is 266 g/mol. The van der Waals surface area contributed by atoms with Crippen LogP contribution in [-0.2, 0) is 12.4 Å². The van der Waals surface area contributed by atoms with Gasteiger partial charge >= 0.3 is 0 Å². The van der Waals surface area contributed by atoms with E-state index in [4.69, 9.17) is 11.6 Å². The smallest absolute Gasteiger partial charge is 0.124 e. The van der Waals surface area contributed by atoms with Crippen molar-refractivity contribution in [2.75, 3.05) is 0 Å². The fourth-order valence-corrected chi connectivity index (χ4v) is 2.10. The SMILES string of the molecule is CC(C)C(C)(C)Cn1c(CCl)nc2cnccc21. The Hall–Kier alpha value is -1.09. The Balaban J connectivity index is 2.49. The number of hydrogen-bond acceptors (Lipinski definition) is 2. The van der Waals surface area contributed by atoms with Crippen LogP contribution in [0.4, 0.5) is 0 Å². The van der Waals surface area contributed by atoms with Gasteiger partial charge in [-0.1, -0.05) is 27.7 Å². The fourth-order valence-electron chi connectivity index (χ4n) is 1.90. The molecule has 0 unspecified atom stereocenters. The lowest BCUT2D eigenvalue weighted by Gasteiger charge is -2.30. The van der Waals surface area contributed by atoms with Gasteiger partial charge in [-0.15, -0.1) is 11.6 Å². The Bertz CT molecular complexity index is 543. The van der Waals surface area contributed by atoms with E-state index in [0.29, 0.717) is 11.8 Å². The van der Waals surface area contributed by atoms with E-state index in [1.54, 1.807) is 12.4 Å². The molecule has 2 aromatic heterocycles. The summed E-state index contributed by atoms with van der Waals surface area (Å²) in [4.78, 5) is 8.66. The Labute approximate surface area is 113 Å². The second-order valence-corrected chi connectivity index (χ2v) is 6.02. The minimum atomic E-state index is 0.206. The van der Waals surface area contributed by atoms with Crippen molar-refractivity contribution in [3.63, 3.8) is 0 Å². The highest BCUT2D eigenvalue weighted by Gasteiger charge is 2.25. The van der Waals surface area contributed by atoms with E-state index in [2.05, 4.69) is 42.2 Å². The van der Waals surface area contributed by atoms with Gasteiger partial charge in [0.2, 0.25) is 0 Å². The van der Waals surface area contributed by atoms with Crippen molar-refractivity contribution in [1.82, 2.24) is 14.5 Å². The predicted octanol–water partition coefficient (Wildman–Crippen LogP) is 3.85. The zero-order valence-corrected chi connectivity index (χ0v) is 12.2. The van der Waals surface area contributed by atoms with E-state index in [9.17, 15) is 0 Å². The topological polar surface area (TPSA) is 30.7 Å². The molecule has 0 aromatic carbocycles. The molecule has 98 valence electrons. The van der Waals surface area contributed by atoms with Crippen LogP contribution in [0.15, 0.2) is 18.5 Å². The fraction of sp³-hybridized carbons (Fsp3) is 0.571. The van der Waals surface area contributed by atoms with Gasteiger partial charge in [-0.3, -0.25) is 4.98 Å². The maximum absolute atomic E-state index is 6.01. The van der Waals surface area contributed by atoms with Crippen LogP contribution in [0.5, 0.6) is 0 Å². The Kier molecular flexibility index (Phi) is 3.62. The van der Waals surface area contributed by atoms with Crippen LogP contribution in [0, 0.1) is 11.3 Å². The van der Waals surface area contributed by atoms with E-state index in [0.717, 1.165) is 23.4 Å². The highest BCUT2D eigenvalue weighted by atomic mass is 35.5. The summed E-state index contributed by atoms with van der Waals surface area (Å²) in [6.07, 6.45) is 3.60. The second kappa shape index (κ2) is 4.88.